The van der Waals surface area contributed by atoms with Crippen LogP contribution in [-0.4, -0.2) is 94.9 Å². The predicted octanol–water partition coefficient (Wildman–Crippen LogP) is 8.35. The van der Waals surface area contributed by atoms with Gasteiger partial charge in [-0.3, -0.25) is 0 Å². The summed E-state index contributed by atoms with van der Waals surface area (Å²) in [6.45, 7) is 1.61. The van der Waals surface area contributed by atoms with Crippen LogP contribution in [0.25, 0.3) is 22.5 Å². The predicted molar refractivity (Wildman–Crippen MR) is 221 cm³/mol. The molecular formula is C40H32F10N6O5S4. The molecule has 25 heteroatoms. The van der Waals surface area contributed by atoms with Gasteiger partial charge in [-0.25, -0.2) is 70.7 Å². The molecule has 346 valence electrons. The molecule has 2 aliphatic rings. The molecule has 11 nitrogen and oxygen atoms in total. The van der Waals surface area contributed by atoms with Crippen LogP contribution in [-0.2, 0) is 20.0 Å². The third-order valence-corrected chi connectivity index (χ3v) is 15.9. The van der Waals surface area contributed by atoms with Gasteiger partial charge in [0.25, 0.3) is 0 Å². The normalized spacial score (nSPS) is 15.3. The maximum absolute atomic E-state index is 14.1. The molecule has 0 amide bonds. The number of hydrogen-bond acceptors (Lipinski definition) is 11. The van der Waals surface area contributed by atoms with Gasteiger partial charge in [-0.15, -0.1) is 22.7 Å². The molecule has 4 aromatic carbocycles. The lowest BCUT2D eigenvalue weighted by Crippen LogP contribution is -2.49. The molecule has 0 radical (unpaired) electrons. The number of aryl methyl sites for hydroxylation is 1. The van der Waals surface area contributed by atoms with Crippen LogP contribution in [0.3, 0.4) is 0 Å². The number of benzene rings is 4. The van der Waals surface area contributed by atoms with Crippen molar-refractivity contribution >= 4 is 53.0 Å². The van der Waals surface area contributed by atoms with Gasteiger partial charge in [-0.1, -0.05) is 29.8 Å². The highest BCUT2D eigenvalue weighted by Crippen LogP contribution is 2.34. The van der Waals surface area contributed by atoms with Crippen LogP contribution < -0.4 is 14.5 Å². The molecule has 0 N–H and O–H groups in total. The molecule has 8 rings (SSSR count). The van der Waals surface area contributed by atoms with E-state index in [1.165, 1.54) is 22.7 Å². The first-order valence-corrected chi connectivity index (χ1v) is 23.6. The Bertz CT molecular complexity index is 2900. The summed E-state index contributed by atoms with van der Waals surface area (Å²) in [4.78, 5) is 9.00. The third kappa shape index (κ3) is 9.25. The van der Waals surface area contributed by atoms with Crippen molar-refractivity contribution in [2.24, 2.45) is 0 Å². The van der Waals surface area contributed by atoms with E-state index in [1.807, 2.05) is 54.1 Å². The number of aromatic nitrogens is 2. The van der Waals surface area contributed by atoms with Crippen molar-refractivity contribution in [3.63, 3.8) is 0 Å². The minimum atomic E-state index is -4.95. The molecule has 0 bridgehead atoms. The van der Waals surface area contributed by atoms with Gasteiger partial charge in [-0.05, 0) is 31.2 Å². The maximum Gasteiger partial charge on any atom is 0.249 e. The monoisotopic (exact) mass is 994 g/mol. The summed E-state index contributed by atoms with van der Waals surface area (Å²) in [5, 5.41) is 4.93. The molecule has 2 saturated heterocycles. The van der Waals surface area contributed by atoms with Crippen LogP contribution in [0.2, 0.25) is 0 Å². The lowest BCUT2D eigenvalue weighted by molar-refractivity contribution is 0.344. The van der Waals surface area contributed by atoms with Crippen LogP contribution in [0.4, 0.5) is 54.2 Å². The van der Waals surface area contributed by atoms with Gasteiger partial charge in [0.05, 0.1) is 18.5 Å². The number of hydrogen-bond donors (Lipinski definition) is 0. The Morgan fingerprint density at radius 1 is 0.477 bits per heavy atom. The zero-order valence-electron chi connectivity index (χ0n) is 33.6. The van der Waals surface area contributed by atoms with Gasteiger partial charge in [0.1, 0.15) is 5.75 Å². The fraction of sp³-hybridized carbons (Fsp3) is 0.250. The number of ether oxygens (including phenoxy) is 1. The number of halogens is 10. The Kier molecular flexibility index (Phi) is 13.8. The molecule has 2 aliphatic heterocycles. The van der Waals surface area contributed by atoms with E-state index in [-0.39, 0.29) is 52.4 Å². The minimum absolute atomic E-state index is 0.115. The number of thiazole rings is 2. The highest BCUT2D eigenvalue weighted by Gasteiger charge is 2.40. The van der Waals surface area contributed by atoms with Crippen molar-refractivity contribution in [3.8, 4) is 28.3 Å². The van der Waals surface area contributed by atoms with Crippen molar-refractivity contribution in [1.82, 2.24) is 18.6 Å². The average Bonchev–Trinajstić information content (AvgIpc) is 4.01. The van der Waals surface area contributed by atoms with E-state index < -0.39 is 88.0 Å². The minimum Gasteiger partial charge on any atom is -0.497 e. The SMILES string of the molecule is COc1ccc(-c2csc(N3CCN(S(=O)(=O)c4c(F)c(F)c(F)c(F)c4F)CC3)n2)cc1.Cc1ccc(-c2csc(N3CCN(S(=O)(=O)c4c(F)c(F)c(F)c(F)c4F)CC3)n2)cc1. The van der Waals surface area contributed by atoms with Crippen molar-refractivity contribution in [3.05, 3.63) is 123 Å². The van der Waals surface area contributed by atoms with Gasteiger partial charge >= 0.3 is 0 Å². The van der Waals surface area contributed by atoms with Gasteiger partial charge < -0.3 is 14.5 Å². The van der Waals surface area contributed by atoms with Crippen LogP contribution in [0.5, 0.6) is 5.75 Å². The number of piperazine rings is 2. The molecule has 0 aliphatic carbocycles. The number of anilines is 2. The van der Waals surface area contributed by atoms with Crippen LogP contribution in [0.1, 0.15) is 5.56 Å². The second-order valence-corrected chi connectivity index (χ2v) is 19.6. The maximum atomic E-state index is 14.1. The van der Waals surface area contributed by atoms with Gasteiger partial charge in [0.15, 0.2) is 66.6 Å². The topological polar surface area (TPSA) is 116 Å². The Labute approximate surface area is 372 Å². The van der Waals surface area contributed by atoms with Crippen molar-refractivity contribution in [1.29, 1.82) is 0 Å². The first kappa shape index (κ1) is 47.6. The van der Waals surface area contributed by atoms with E-state index >= 15 is 0 Å². The fourth-order valence-corrected chi connectivity index (χ4v) is 11.5. The van der Waals surface area contributed by atoms with Crippen LogP contribution >= 0.6 is 22.7 Å². The van der Waals surface area contributed by atoms with E-state index in [1.54, 1.807) is 29.0 Å². The Balaban J connectivity index is 0.000000194. The van der Waals surface area contributed by atoms with Crippen molar-refractivity contribution in [2.45, 2.75) is 16.7 Å². The van der Waals surface area contributed by atoms with Crippen LogP contribution in [0, 0.1) is 65.1 Å². The van der Waals surface area contributed by atoms with Crippen molar-refractivity contribution < 1.29 is 65.5 Å². The number of methoxy groups -OCH3 is 1. The summed E-state index contributed by atoms with van der Waals surface area (Å²) < 4.78 is 194. The quantitative estimate of drug-likeness (QED) is 0.0801. The zero-order chi connectivity index (χ0) is 47.1. The molecule has 0 saturated carbocycles. The Morgan fingerprint density at radius 3 is 1.11 bits per heavy atom. The van der Waals surface area contributed by atoms with Gasteiger partial charge in [0.2, 0.25) is 31.7 Å². The van der Waals surface area contributed by atoms with Gasteiger partial charge in [0, 0.05) is 74.2 Å². The highest BCUT2D eigenvalue weighted by atomic mass is 32.2. The summed E-state index contributed by atoms with van der Waals surface area (Å²) in [6, 6.07) is 15.0. The average molecular weight is 995 g/mol. The van der Waals surface area contributed by atoms with Gasteiger partial charge in [-0.2, -0.15) is 8.61 Å². The molecule has 4 heterocycles. The lowest BCUT2D eigenvalue weighted by Gasteiger charge is -2.33. The lowest BCUT2D eigenvalue weighted by atomic mass is 10.1. The molecule has 2 fully saturated rings. The summed E-state index contributed by atoms with van der Waals surface area (Å²) in [7, 11) is -8.34. The zero-order valence-corrected chi connectivity index (χ0v) is 36.8. The van der Waals surface area contributed by atoms with Crippen molar-refractivity contribution in [2.75, 3.05) is 69.3 Å². The van der Waals surface area contributed by atoms with E-state index in [0.717, 1.165) is 22.4 Å². The first-order valence-electron chi connectivity index (χ1n) is 18.9. The molecular weight excluding hydrogens is 963 g/mol. The van der Waals surface area contributed by atoms with E-state index in [4.69, 9.17) is 4.74 Å². The molecule has 0 spiro atoms. The molecule has 0 atom stereocenters. The molecule has 6 aromatic rings. The summed E-state index contributed by atoms with van der Waals surface area (Å²) in [5.74, 6) is -22.8. The second kappa shape index (κ2) is 18.9. The second-order valence-electron chi connectivity index (χ2n) is 14.2. The van der Waals surface area contributed by atoms with E-state index in [2.05, 4.69) is 9.97 Å². The number of sulfonamides is 2. The highest BCUT2D eigenvalue weighted by molar-refractivity contribution is 7.89. The number of rotatable bonds is 9. The summed E-state index contributed by atoms with van der Waals surface area (Å²) in [6.07, 6.45) is 0. The van der Waals surface area contributed by atoms with E-state index in [0.29, 0.717) is 30.3 Å². The standard InChI is InChI=1S/C20H16F5N3O3S2.C20H16F5N3O2S2/c1-31-12-4-2-11(3-5-12)13-10-32-20(26-13)27-6-8-28(9-7-27)33(29,30)19-17(24)15(22)14(21)16(23)18(19)25;1-11-2-4-12(5-3-11)13-10-31-20(26-13)27-6-8-28(9-7-27)32(29,30)19-17(24)15(22)14(21)16(23)18(19)25/h2-5,10H,6-9H2,1H3;2-5,10H,6-9H2,1H3. The smallest absolute Gasteiger partial charge is 0.249 e. The summed E-state index contributed by atoms with van der Waals surface area (Å²) >= 11 is 2.69. The Hall–Kier alpha value is -5.34. The number of nitrogens with zero attached hydrogens (tertiary/aromatic N) is 6. The summed E-state index contributed by atoms with van der Waals surface area (Å²) in [5.41, 5.74) is 4.34. The first-order chi connectivity index (χ1) is 30.8. The Morgan fingerprint density at radius 2 is 0.785 bits per heavy atom. The van der Waals surface area contributed by atoms with E-state index in [9.17, 15) is 60.7 Å². The molecule has 0 unspecified atom stereocenters. The third-order valence-electron chi connectivity index (χ3n) is 10.3. The fourth-order valence-electron chi connectivity index (χ4n) is 6.69. The van der Waals surface area contributed by atoms with Crippen LogP contribution in [0.15, 0.2) is 69.1 Å². The molecule has 2 aromatic heterocycles. The molecule has 65 heavy (non-hydrogen) atoms. The largest absolute Gasteiger partial charge is 0.497 e.